The van der Waals surface area contributed by atoms with E-state index in [-0.39, 0.29) is 18.0 Å². The fourth-order valence-corrected chi connectivity index (χ4v) is 3.30. The first-order valence-electron chi connectivity index (χ1n) is 9.52. The molecule has 1 amide bonds. The predicted molar refractivity (Wildman–Crippen MR) is 111 cm³/mol. The van der Waals surface area contributed by atoms with Crippen LogP contribution in [0, 0.1) is 0 Å². The van der Waals surface area contributed by atoms with Crippen LogP contribution in [0.2, 0.25) is 0 Å². The summed E-state index contributed by atoms with van der Waals surface area (Å²) >= 11 is 0. The van der Waals surface area contributed by atoms with Crippen molar-refractivity contribution < 1.29 is 9.21 Å². The molecule has 2 aromatic heterocycles. The number of carbonyl (C=O) groups excluding carboxylic acids is 1. The van der Waals surface area contributed by atoms with Crippen molar-refractivity contribution in [2.45, 2.75) is 19.4 Å². The Balaban J connectivity index is 1.56. The molecule has 6 heteroatoms. The van der Waals surface area contributed by atoms with E-state index in [1.54, 1.807) is 12.3 Å². The van der Waals surface area contributed by atoms with Gasteiger partial charge in [-0.15, -0.1) is 0 Å². The van der Waals surface area contributed by atoms with Crippen LogP contribution in [0.15, 0.2) is 82.2 Å². The summed E-state index contributed by atoms with van der Waals surface area (Å²) in [6.45, 7) is 0.315. The number of rotatable bonds is 7. The maximum absolute atomic E-state index is 12.8. The molecule has 1 N–H and O–H groups in total. The number of fused-ring (bicyclic) bond motifs is 1. The van der Waals surface area contributed by atoms with Crippen LogP contribution in [0.5, 0.6) is 0 Å². The zero-order chi connectivity index (χ0) is 20.1. The molecular weight excluding hydrogens is 366 g/mol. The van der Waals surface area contributed by atoms with Crippen molar-refractivity contribution in [1.82, 2.24) is 15.1 Å². The summed E-state index contributed by atoms with van der Waals surface area (Å²) < 4.78 is 6.51. The third-order valence-corrected chi connectivity index (χ3v) is 4.73. The summed E-state index contributed by atoms with van der Waals surface area (Å²) in [6, 6.07) is 21.0. The van der Waals surface area contributed by atoms with Gasteiger partial charge in [-0.2, -0.15) is 5.10 Å². The summed E-state index contributed by atoms with van der Waals surface area (Å²) in [5, 5.41) is 8.72. The number of hydrogen-bond donors (Lipinski definition) is 1. The number of amides is 1. The largest absolute Gasteiger partial charge is 0.469 e. The van der Waals surface area contributed by atoms with E-state index in [1.165, 1.54) is 4.68 Å². The normalized spacial score (nSPS) is 10.9. The Labute approximate surface area is 167 Å². The van der Waals surface area contributed by atoms with Gasteiger partial charge >= 0.3 is 0 Å². The summed E-state index contributed by atoms with van der Waals surface area (Å²) in [5.74, 6) is 0.545. The van der Waals surface area contributed by atoms with Gasteiger partial charge in [0, 0.05) is 24.8 Å². The van der Waals surface area contributed by atoms with Crippen molar-refractivity contribution in [3.8, 4) is 0 Å². The molecule has 0 aliphatic rings. The van der Waals surface area contributed by atoms with Crippen LogP contribution in [0.3, 0.4) is 0 Å². The van der Waals surface area contributed by atoms with E-state index in [1.807, 2.05) is 60.7 Å². The van der Waals surface area contributed by atoms with E-state index in [9.17, 15) is 9.59 Å². The van der Waals surface area contributed by atoms with E-state index in [4.69, 9.17) is 4.42 Å². The van der Waals surface area contributed by atoms with Crippen molar-refractivity contribution in [2.24, 2.45) is 0 Å². The number of carbonyl (C=O) groups is 1. The van der Waals surface area contributed by atoms with Crippen LogP contribution in [-0.2, 0) is 24.2 Å². The first-order valence-corrected chi connectivity index (χ1v) is 9.52. The minimum atomic E-state index is -0.265. The lowest BCUT2D eigenvalue weighted by atomic mass is 10.0. The molecule has 0 radical (unpaired) electrons. The Hall–Kier alpha value is -3.67. The average molecular weight is 387 g/mol. The second-order valence-corrected chi connectivity index (χ2v) is 6.80. The molecule has 0 spiro atoms. The van der Waals surface area contributed by atoms with Crippen LogP contribution in [0.1, 0.15) is 17.0 Å². The van der Waals surface area contributed by atoms with Gasteiger partial charge in [0.1, 0.15) is 12.3 Å². The Morgan fingerprint density at radius 1 is 0.966 bits per heavy atom. The van der Waals surface area contributed by atoms with Crippen molar-refractivity contribution in [1.29, 1.82) is 0 Å². The lowest BCUT2D eigenvalue weighted by molar-refractivity contribution is -0.121. The summed E-state index contributed by atoms with van der Waals surface area (Å²) in [5.41, 5.74) is 1.60. The molecule has 0 fully saturated rings. The van der Waals surface area contributed by atoms with Crippen LogP contribution in [-0.4, -0.2) is 22.2 Å². The number of hydrogen-bond acceptors (Lipinski definition) is 4. The van der Waals surface area contributed by atoms with Gasteiger partial charge in [0.15, 0.2) is 0 Å². The predicted octanol–water partition coefficient (Wildman–Crippen LogP) is 2.94. The molecule has 146 valence electrons. The van der Waals surface area contributed by atoms with Gasteiger partial charge in [0.2, 0.25) is 5.91 Å². The van der Waals surface area contributed by atoms with Crippen molar-refractivity contribution >= 4 is 16.7 Å². The molecule has 0 saturated heterocycles. The zero-order valence-corrected chi connectivity index (χ0v) is 15.9. The third kappa shape index (κ3) is 4.43. The fourth-order valence-electron chi connectivity index (χ4n) is 3.30. The van der Waals surface area contributed by atoms with Gasteiger partial charge < -0.3 is 9.73 Å². The molecule has 2 heterocycles. The lowest BCUT2D eigenvalue weighted by Crippen LogP contribution is -2.35. The number of nitrogens with zero attached hydrogens (tertiary/aromatic N) is 2. The first kappa shape index (κ1) is 18.7. The van der Waals surface area contributed by atoms with Crippen molar-refractivity contribution in [3.05, 3.63) is 100 Å². The molecule has 2 aromatic carbocycles. The number of furan rings is 1. The first-order chi connectivity index (χ1) is 14.2. The molecule has 4 aromatic rings. The summed E-state index contributed by atoms with van der Waals surface area (Å²) in [6.07, 6.45) is 2.78. The summed E-state index contributed by atoms with van der Waals surface area (Å²) in [7, 11) is 0. The Morgan fingerprint density at radius 3 is 2.48 bits per heavy atom. The van der Waals surface area contributed by atoms with Gasteiger partial charge in [0.25, 0.3) is 5.56 Å². The van der Waals surface area contributed by atoms with Gasteiger partial charge in [-0.05, 0) is 23.8 Å². The lowest BCUT2D eigenvalue weighted by Gasteiger charge is -2.11. The minimum Gasteiger partial charge on any atom is -0.469 e. The Kier molecular flexibility index (Phi) is 5.52. The van der Waals surface area contributed by atoms with Crippen LogP contribution >= 0.6 is 0 Å². The van der Waals surface area contributed by atoms with Crippen LogP contribution in [0.4, 0.5) is 0 Å². The Bertz CT molecular complexity index is 1170. The fraction of sp³-hybridized carbons (Fsp3) is 0.174. The van der Waals surface area contributed by atoms with Gasteiger partial charge in [-0.25, -0.2) is 4.68 Å². The number of nitrogens with one attached hydrogen (secondary N) is 1. The van der Waals surface area contributed by atoms with E-state index >= 15 is 0 Å². The molecule has 0 saturated carbocycles. The molecule has 29 heavy (non-hydrogen) atoms. The average Bonchev–Trinajstić information content (AvgIpc) is 3.26. The van der Waals surface area contributed by atoms with E-state index in [0.717, 1.165) is 22.4 Å². The molecule has 0 unspecified atom stereocenters. The molecule has 4 rings (SSSR count). The van der Waals surface area contributed by atoms with E-state index in [2.05, 4.69) is 10.4 Å². The van der Waals surface area contributed by atoms with Crippen molar-refractivity contribution in [2.75, 3.05) is 6.54 Å². The van der Waals surface area contributed by atoms with Crippen molar-refractivity contribution in [3.63, 3.8) is 0 Å². The van der Waals surface area contributed by atoms with E-state index < -0.39 is 0 Å². The SMILES string of the molecule is O=C(Cn1nc(Cc2ccccc2)c2ccccc2c1=O)NCCc1ccco1. The van der Waals surface area contributed by atoms with E-state index in [0.29, 0.717) is 24.8 Å². The van der Waals surface area contributed by atoms with Crippen LogP contribution < -0.4 is 10.9 Å². The number of benzene rings is 2. The maximum atomic E-state index is 12.8. The molecular formula is C23H21N3O3. The minimum absolute atomic E-state index is 0.121. The molecule has 0 bridgehead atoms. The molecule has 0 aliphatic heterocycles. The van der Waals surface area contributed by atoms with Gasteiger partial charge in [-0.3, -0.25) is 9.59 Å². The monoisotopic (exact) mass is 387 g/mol. The molecule has 0 atom stereocenters. The van der Waals surface area contributed by atoms with Gasteiger partial charge in [0.05, 0.1) is 17.3 Å². The zero-order valence-electron chi connectivity index (χ0n) is 15.9. The van der Waals surface area contributed by atoms with Gasteiger partial charge in [-0.1, -0.05) is 48.5 Å². The molecule has 0 aliphatic carbocycles. The second kappa shape index (κ2) is 8.56. The highest BCUT2D eigenvalue weighted by Crippen LogP contribution is 2.16. The third-order valence-electron chi connectivity index (χ3n) is 4.73. The number of aromatic nitrogens is 2. The quantitative estimate of drug-likeness (QED) is 0.529. The summed E-state index contributed by atoms with van der Waals surface area (Å²) in [4.78, 5) is 25.2. The smallest absolute Gasteiger partial charge is 0.275 e. The topological polar surface area (TPSA) is 77.1 Å². The Morgan fingerprint density at radius 2 is 1.72 bits per heavy atom. The second-order valence-electron chi connectivity index (χ2n) is 6.80. The van der Waals surface area contributed by atoms with Crippen LogP contribution in [0.25, 0.3) is 10.8 Å². The highest BCUT2D eigenvalue weighted by atomic mass is 16.3. The highest BCUT2D eigenvalue weighted by Gasteiger charge is 2.13. The molecule has 6 nitrogen and oxygen atoms in total. The maximum Gasteiger partial charge on any atom is 0.275 e. The standard InChI is InChI=1S/C23H21N3O3/c27-22(24-13-12-18-9-6-14-29-18)16-26-23(28)20-11-5-4-10-19(20)21(25-26)15-17-7-2-1-3-8-17/h1-11,14H,12-13,15-16H2,(H,24,27). The highest BCUT2D eigenvalue weighted by molar-refractivity contribution is 5.84.